The molecule has 0 aliphatic rings. The van der Waals surface area contributed by atoms with Crippen LogP contribution in [0.5, 0.6) is 0 Å². The van der Waals surface area contributed by atoms with Crippen LogP contribution < -0.4 is 0 Å². The third-order valence-corrected chi connectivity index (χ3v) is 1.43. The summed E-state index contributed by atoms with van der Waals surface area (Å²) in [4.78, 5) is 0. The van der Waals surface area contributed by atoms with Gasteiger partial charge in [0.05, 0.1) is 27.7 Å². The third-order valence-electron chi connectivity index (χ3n) is 1.43. The Morgan fingerprint density at radius 3 is 1.89 bits per heavy atom. The van der Waals surface area contributed by atoms with Gasteiger partial charge in [0.1, 0.15) is 0 Å². The Morgan fingerprint density at radius 2 is 1.56 bits per heavy atom. The molecule has 0 rings (SSSR count). The molecule has 0 N–H and O–H groups in total. The molecule has 0 amide bonds. The number of quaternary nitrogens is 1. The van der Waals surface area contributed by atoms with E-state index >= 15 is 0 Å². The maximum Gasteiger partial charge on any atom is 0.0780 e. The Hall–Kier alpha value is -0.0400. The normalized spacial score (nSPS) is 12.0. The molecule has 0 bridgehead atoms. The number of unbranched alkanes of at least 4 members (excludes halogenated alkanes) is 2. The van der Waals surface area contributed by atoms with Crippen LogP contribution in [0, 0.1) is 0 Å². The molecule has 0 aliphatic carbocycles. The molecule has 0 aromatic rings. The van der Waals surface area contributed by atoms with Crippen molar-refractivity contribution in [2.24, 2.45) is 0 Å². The van der Waals surface area contributed by atoms with Crippen molar-refractivity contribution in [1.82, 2.24) is 0 Å². The summed E-state index contributed by atoms with van der Waals surface area (Å²) < 4.78 is 1.11. The zero-order valence-corrected chi connectivity index (χ0v) is 7.28. The van der Waals surface area contributed by atoms with Gasteiger partial charge in [0.2, 0.25) is 0 Å². The molecule has 0 radical (unpaired) electrons. The molecule has 1 nitrogen and oxygen atoms in total. The van der Waals surface area contributed by atoms with Crippen LogP contribution in [0.15, 0.2) is 0 Å². The topological polar surface area (TPSA) is 0 Å². The van der Waals surface area contributed by atoms with Crippen molar-refractivity contribution < 1.29 is 4.48 Å². The first kappa shape index (κ1) is 8.96. The van der Waals surface area contributed by atoms with Crippen LogP contribution in [0.1, 0.15) is 26.2 Å². The summed E-state index contributed by atoms with van der Waals surface area (Å²) in [5.74, 6) is 0. The standard InChI is InChI=1S/C8H20N/c1-5-6-7-8-9(2,3)4/h5-8H2,1-4H3/q+1. The zero-order chi connectivity index (χ0) is 7.33. The zero-order valence-electron chi connectivity index (χ0n) is 7.28. The Balaban J connectivity index is 3.07. The molecule has 1 heteroatoms. The van der Waals surface area contributed by atoms with Gasteiger partial charge in [-0.25, -0.2) is 0 Å². The van der Waals surface area contributed by atoms with Crippen molar-refractivity contribution in [2.45, 2.75) is 26.2 Å². The summed E-state index contributed by atoms with van der Waals surface area (Å²) in [5, 5.41) is 0. The fraction of sp³-hybridized carbons (Fsp3) is 1.00. The lowest BCUT2D eigenvalue weighted by Gasteiger charge is -2.23. The molecule has 0 aliphatic heterocycles. The number of hydrogen-bond donors (Lipinski definition) is 0. The molecule has 0 saturated heterocycles. The van der Waals surface area contributed by atoms with Gasteiger partial charge in [0.25, 0.3) is 0 Å². The van der Waals surface area contributed by atoms with Crippen LogP contribution in [0.2, 0.25) is 0 Å². The number of hydrogen-bond acceptors (Lipinski definition) is 0. The van der Waals surface area contributed by atoms with Gasteiger partial charge in [-0.3, -0.25) is 0 Å². The highest BCUT2D eigenvalue weighted by Gasteiger charge is 2.03. The van der Waals surface area contributed by atoms with E-state index in [0.29, 0.717) is 0 Å². The summed E-state index contributed by atoms with van der Waals surface area (Å²) in [6.45, 7) is 3.56. The highest BCUT2D eigenvalue weighted by atomic mass is 15.3. The highest BCUT2D eigenvalue weighted by molar-refractivity contribution is 4.34. The van der Waals surface area contributed by atoms with Crippen molar-refractivity contribution in [2.75, 3.05) is 27.7 Å². The molecule has 0 fully saturated rings. The molecule has 0 spiro atoms. The second-order valence-corrected chi connectivity index (χ2v) is 3.72. The minimum atomic E-state index is 1.11. The van der Waals surface area contributed by atoms with E-state index in [4.69, 9.17) is 0 Å². The largest absolute Gasteiger partial charge is 0.331 e. The van der Waals surface area contributed by atoms with Crippen molar-refractivity contribution >= 4 is 0 Å². The van der Waals surface area contributed by atoms with E-state index in [1.165, 1.54) is 25.8 Å². The average Bonchev–Trinajstić information content (AvgIpc) is 1.63. The quantitative estimate of drug-likeness (QED) is 0.402. The lowest BCUT2D eigenvalue weighted by molar-refractivity contribution is -0.870. The van der Waals surface area contributed by atoms with Crippen LogP contribution >= 0.6 is 0 Å². The maximum atomic E-state index is 2.25. The first-order valence-corrected chi connectivity index (χ1v) is 3.86. The van der Waals surface area contributed by atoms with E-state index in [9.17, 15) is 0 Å². The Bertz CT molecular complexity index is 61.5. The van der Waals surface area contributed by atoms with Gasteiger partial charge in [-0.05, 0) is 12.8 Å². The molecule has 0 aromatic carbocycles. The van der Waals surface area contributed by atoms with E-state index in [1.807, 2.05) is 0 Å². The summed E-state index contributed by atoms with van der Waals surface area (Å²) in [7, 11) is 6.74. The van der Waals surface area contributed by atoms with Crippen LogP contribution in [0.3, 0.4) is 0 Å². The lowest BCUT2D eigenvalue weighted by atomic mass is 10.2. The Kier molecular flexibility index (Phi) is 3.87. The van der Waals surface area contributed by atoms with Gasteiger partial charge in [-0.2, -0.15) is 0 Å². The van der Waals surface area contributed by atoms with Crippen molar-refractivity contribution in [3.8, 4) is 0 Å². The average molecular weight is 130 g/mol. The first-order valence-electron chi connectivity index (χ1n) is 3.86. The maximum absolute atomic E-state index is 2.25. The van der Waals surface area contributed by atoms with E-state index in [1.54, 1.807) is 0 Å². The molecular weight excluding hydrogens is 110 g/mol. The predicted octanol–water partition coefficient (Wildman–Crippen LogP) is 1.88. The second-order valence-electron chi connectivity index (χ2n) is 3.72. The van der Waals surface area contributed by atoms with Gasteiger partial charge in [0.15, 0.2) is 0 Å². The fourth-order valence-corrected chi connectivity index (χ4v) is 0.836. The van der Waals surface area contributed by atoms with Gasteiger partial charge in [-0.1, -0.05) is 13.3 Å². The molecule has 0 unspecified atom stereocenters. The van der Waals surface area contributed by atoms with Crippen molar-refractivity contribution in [1.29, 1.82) is 0 Å². The van der Waals surface area contributed by atoms with Crippen LogP contribution in [0.25, 0.3) is 0 Å². The predicted molar refractivity (Wildman–Crippen MR) is 42.4 cm³/mol. The van der Waals surface area contributed by atoms with Gasteiger partial charge in [0, 0.05) is 0 Å². The third kappa shape index (κ3) is 7.96. The van der Waals surface area contributed by atoms with Crippen molar-refractivity contribution in [3.63, 3.8) is 0 Å². The Labute approximate surface area is 59.3 Å². The van der Waals surface area contributed by atoms with Gasteiger partial charge < -0.3 is 4.48 Å². The summed E-state index contributed by atoms with van der Waals surface area (Å²) in [5.41, 5.74) is 0. The van der Waals surface area contributed by atoms with Crippen LogP contribution in [0.4, 0.5) is 0 Å². The van der Waals surface area contributed by atoms with Crippen molar-refractivity contribution in [3.05, 3.63) is 0 Å². The van der Waals surface area contributed by atoms with E-state index in [-0.39, 0.29) is 0 Å². The molecule has 0 saturated carbocycles. The van der Waals surface area contributed by atoms with E-state index in [0.717, 1.165) is 4.48 Å². The van der Waals surface area contributed by atoms with E-state index in [2.05, 4.69) is 28.1 Å². The molecule has 0 heterocycles. The molecular formula is C8H20N+. The number of nitrogens with zero attached hydrogens (tertiary/aromatic N) is 1. The smallest absolute Gasteiger partial charge is 0.0780 e. The monoisotopic (exact) mass is 130 g/mol. The summed E-state index contributed by atoms with van der Waals surface area (Å²) in [6, 6.07) is 0. The summed E-state index contributed by atoms with van der Waals surface area (Å²) >= 11 is 0. The van der Waals surface area contributed by atoms with E-state index < -0.39 is 0 Å². The van der Waals surface area contributed by atoms with Gasteiger partial charge >= 0.3 is 0 Å². The minimum Gasteiger partial charge on any atom is -0.331 e. The highest BCUT2D eigenvalue weighted by Crippen LogP contribution is 1.98. The Morgan fingerprint density at radius 1 is 1.00 bits per heavy atom. The SMILES string of the molecule is CCCCC[N+](C)(C)C. The second kappa shape index (κ2) is 3.89. The molecule has 0 atom stereocenters. The molecule has 56 valence electrons. The molecule has 9 heavy (non-hydrogen) atoms. The number of rotatable bonds is 4. The summed E-state index contributed by atoms with van der Waals surface area (Å²) in [6.07, 6.45) is 4.09. The first-order chi connectivity index (χ1) is 4.06. The van der Waals surface area contributed by atoms with Crippen LogP contribution in [-0.4, -0.2) is 32.2 Å². The van der Waals surface area contributed by atoms with Gasteiger partial charge in [-0.15, -0.1) is 0 Å². The molecule has 0 aromatic heterocycles. The fourth-order valence-electron chi connectivity index (χ4n) is 0.836. The lowest BCUT2D eigenvalue weighted by Crippen LogP contribution is -2.35. The minimum absolute atomic E-state index is 1.11. The van der Waals surface area contributed by atoms with Crippen LogP contribution in [-0.2, 0) is 0 Å².